The van der Waals surface area contributed by atoms with Crippen LogP contribution in [0.4, 0.5) is 0 Å². The van der Waals surface area contributed by atoms with Crippen LogP contribution in [-0.4, -0.2) is 40.1 Å². The van der Waals surface area contributed by atoms with Gasteiger partial charge in [0.15, 0.2) is 10.9 Å². The lowest BCUT2D eigenvalue weighted by atomic mass is 10.1. The Kier molecular flexibility index (Phi) is 7.26. The molecule has 1 saturated heterocycles. The molecule has 2 aromatic rings. The van der Waals surface area contributed by atoms with Crippen molar-refractivity contribution in [2.75, 3.05) is 6.61 Å². The molecule has 0 saturated carbocycles. The van der Waals surface area contributed by atoms with E-state index in [9.17, 15) is 9.90 Å². The summed E-state index contributed by atoms with van der Waals surface area (Å²) in [4.78, 5) is 11.7. The summed E-state index contributed by atoms with van der Waals surface area (Å²) in [5, 5.41) is 10.1. The second-order valence-corrected chi connectivity index (χ2v) is 8.32. The first-order valence-corrected chi connectivity index (χ1v) is 10.2. The summed E-state index contributed by atoms with van der Waals surface area (Å²) in [6, 6.07) is 19.6. The lowest BCUT2D eigenvalue weighted by molar-refractivity contribution is -0.188. The van der Waals surface area contributed by atoms with Gasteiger partial charge in [-0.1, -0.05) is 72.4 Å². The lowest BCUT2D eigenvalue weighted by Gasteiger charge is -2.25. The number of aliphatic hydroxyl groups is 1. The molecule has 6 heteroatoms. The van der Waals surface area contributed by atoms with E-state index in [0.717, 1.165) is 22.9 Å². The number of thioether (sulfide) groups is 1. The number of benzene rings is 2. The van der Waals surface area contributed by atoms with Gasteiger partial charge in [-0.15, -0.1) is 0 Å². The third kappa shape index (κ3) is 5.65. The normalized spacial score (nSPS) is 27.0. The molecule has 1 fully saturated rings. The molecule has 1 heterocycles. The van der Waals surface area contributed by atoms with Gasteiger partial charge in [0.05, 0.1) is 25.1 Å². The number of carbonyl (C=O) groups is 1. The Morgan fingerprint density at radius 3 is 2.21 bits per heavy atom. The first-order chi connectivity index (χ1) is 13.5. The van der Waals surface area contributed by atoms with Gasteiger partial charge >= 0.3 is 0 Å². The molecule has 0 radical (unpaired) electrons. The maximum Gasteiger partial charge on any atom is 0.186 e. The number of rotatable bonds is 8. The third-order valence-corrected chi connectivity index (χ3v) is 5.85. The Hall–Kier alpha value is -1.70. The summed E-state index contributed by atoms with van der Waals surface area (Å²) in [6.45, 7) is 4.13. The van der Waals surface area contributed by atoms with Gasteiger partial charge in [0.2, 0.25) is 0 Å². The van der Waals surface area contributed by atoms with Gasteiger partial charge in [0, 0.05) is 6.92 Å². The van der Waals surface area contributed by atoms with Crippen molar-refractivity contribution >= 4 is 16.9 Å². The average molecular weight is 403 g/mol. The van der Waals surface area contributed by atoms with Crippen LogP contribution < -0.4 is 0 Å². The number of carbonyl (C=O) groups excluding carboxylic acids is 1. The molecule has 0 spiro atoms. The minimum absolute atomic E-state index is 0.0898. The summed E-state index contributed by atoms with van der Waals surface area (Å²) in [5.74, 6) is -1.47. The van der Waals surface area contributed by atoms with E-state index in [-0.39, 0.29) is 11.7 Å². The van der Waals surface area contributed by atoms with E-state index >= 15 is 0 Å². The first kappa shape index (κ1) is 21.0. The highest BCUT2D eigenvalue weighted by molar-refractivity contribution is 8.14. The number of ether oxygens (including phenoxy) is 3. The quantitative estimate of drug-likeness (QED) is 0.729. The zero-order valence-corrected chi connectivity index (χ0v) is 16.9. The van der Waals surface area contributed by atoms with E-state index < -0.39 is 23.2 Å². The molecule has 28 heavy (non-hydrogen) atoms. The van der Waals surface area contributed by atoms with Crippen LogP contribution in [0.1, 0.15) is 25.0 Å². The van der Waals surface area contributed by atoms with Gasteiger partial charge in [-0.25, -0.2) is 0 Å². The summed E-state index contributed by atoms with van der Waals surface area (Å²) in [6.07, 6.45) is -0.945. The van der Waals surface area contributed by atoms with Crippen LogP contribution in [0.3, 0.4) is 0 Å². The summed E-state index contributed by atoms with van der Waals surface area (Å²) < 4.78 is 17.8. The second kappa shape index (κ2) is 9.67. The van der Waals surface area contributed by atoms with Crippen molar-refractivity contribution in [2.24, 2.45) is 0 Å². The Labute approximate surface area is 170 Å². The Morgan fingerprint density at radius 2 is 1.64 bits per heavy atom. The molecule has 0 bridgehead atoms. The minimum atomic E-state index is -1.47. The van der Waals surface area contributed by atoms with Gasteiger partial charge in [-0.3, -0.25) is 4.79 Å². The van der Waals surface area contributed by atoms with Gasteiger partial charge < -0.3 is 19.3 Å². The van der Waals surface area contributed by atoms with Crippen molar-refractivity contribution in [1.29, 1.82) is 0 Å². The zero-order valence-electron chi connectivity index (χ0n) is 16.1. The predicted octanol–water partition coefficient (Wildman–Crippen LogP) is 3.54. The largest absolute Gasteiger partial charge is 0.374 e. The summed E-state index contributed by atoms with van der Waals surface area (Å²) in [5.41, 5.74) is 2.08. The van der Waals surface area contributed by atoms with Gasteiger partial charge in [0.25, 0.3) is 0 Å². The molecule has 5 nitrogen and oxygen atoms in total. The molecular formula is C22H26O5S. The van der Waals surface area contributed by atoms with Crippen molar-refractivity contribution in [2.45, 2.75) is 50.3 Å². The zero-order chi connectivity index (χ0) is 20.0. The first-order valence-electron chi connectivity index (χ1n) is 9.30. The SMILES string of the molecule is CC(=O)S[C@H]1[C@@H](OCc2ccccc2)[C@H](COCc2ccccc2)OC1(C)O. The Bertz CT molecular complexity index is 750. The maximum atomic E-state index is 11.7. The second-order valence-electron chi connectivity index (χ2n) is 7.00. The standard InChI is InChI=1S/C22H26O5S/c1-16(23)28-21-20(26-14-18-11-7-4-8-12-18)19(27-22(21,2)24)15-25-13-17-9-5-3-6-10-17/h3-12,19-21,24H,13-15H2,1-2H3/t19-,20-,21-,22?/m0/s1. The molecule has 3 rings (SSSR count). The molecule has 2 aromatic carbocycles. The van der Waals surface area contributed by atoms with Crippen molar-refractivity contribution < 1.29 is 24.1 Å². The molecule has 4 atom stereocenters. The van der Waals surface area contributed by atoms with Gasteiger partial charge in [-0.2, -0.15) is 0 Å². The van der Waals surface area contributed by atoms with Crippen molar-refractivity contribution in [3.8, 4) is 0 Å². The smallest absolute Gasteiger partial charge is 0.186 e. The van der Waals surface area contributed by atoms with E-state index in [4.69, 9.17) is 14.2 Å². The molecule has 0 amide bonds. The average Bonchev–Trinajstić information content (AvgIpc) is 2.91. The van der Waals surface area contributed by atoms with Crippen molar-refractivity contribution in [1.82, 2.24) is 0 Å². The highest BCUT2D eigenvalue weighted by atomic mass is 32.2. The van der Waals surface area contributed by atoms with Crippen LogP contribution in [0.25, 0.3) is 0 Å². The maximum absolute atomic E-state index is 11.7. The molecule has 1 aliphatic rings. The van der Waals surface area contributed by atoms with Crippen LogP contribution in [0, 0.1) is 0 Å². The van der Waals surface area contributed by atoms with Crippen LogP contribution in [0.15, 0.2) is 60.7 Å². The summed E-state index contributed by atoms with van der Waals surface area (Å²) in [7, 11) is 0. The van der Waals surface area contributed by atoms with Crippen LogP contribution >= 0.6 is 11.8 Å². The monoisotopic (exact) mass is 402 g/mol. The van der Waals surface area contributed by atoms with E-state index in [1.165, 1.54) is 6.92 Å². The molecular weight excluding hydrogens is 376 g/mol. The molecule has 1 N–H and O–H groups in total. The lowest BCUT2D eigenvalue weighted by Crippen LogP contribution is -2.40. The van der Waals surface area contributed by atoms with Crippen LogP contribution in [0.2, 0.25) is 0 Å². The predicted molar refractivity (Wildman–Crippen MR) is 109 cm³/mol. The van der Waals surface area contributed by atoms with E-state index in [1.807, 2.05) is 60.7 Å². The van der Waals surface area contributed by atoms with Gasteiger partial charge in [0.1, 0.15) is 12.2 Å². The minimum Gasteiger partial charge on any atom is -0.374 e. The topological polar surface area (TPSA) is 65.0 Å². The van der Waals surface area contributed by atoms with E-state index in [2.05, 4.69) is 0 Å². The van der Waals surface area contributed by atoms with Crippen LogP contribution in [-0.2, 0) is 32.2 Å². The van der Waals surface area contributed by atoms with E-state index in [1.54, 1.807) is 6.92 Å². The van der Waals surface area contributed by atoms with E-state index in [0.29, 0.717) is 13.2 Å². The number of hydrogen-bond donors (Lipinski definition) is 1. The molecule has 0 aromatic heterocycles. The Morgan fingerprint density at radius 1 is 1.07 bits per heavy atom. The van der Waals surface area contributed by atoms with Crippen molar-refractivity contribution in [3.05, 3.63) is 71.8 Å². The highest BCUT2D eigenvalue weighted by Crippen LogP contribution is 2.40. The van der Waals surface area contributed by atoms with Crippen molar-refractivity contribution in [3.63, 3.8) is 0 Å². The highest BCUT2D eigenvalue weighted by Gasteiger charge is 2.53. The fourth-order valence-corrected chi connectivity index (χ4v) is 4.27. The molecule has 150 valence electrons. The molecule has 0 aliphatic carbocycles. The molecule has 1 aliphatic heterocycles. The Balaban J connectivity index is 1.67. The molecule has 1 unspecified atom stereocenters. The summed E-state index contributed by atoms with van der Waals surface area (Å²) >= 11 is 1.05. The van der Waals surface area contributed by atoms with Gasteiger partial charge in [-0.05, 0) is 18.1 Å². The number of hydrogen-bond acceptors (Lipinski definition) is 6. The third-order valence-electron chi connectivity index (χ3n) is 4.55. The fourth-order valence-electron chi connectivity index (χ4n) is 3.25. The van der Waals surface area contributed by atoms with Crippen LogP contribution in [0.5, 0.6) is 0 Å². The fraction of sp³-hybridized carbons (Fsp3) is 0.409.